The Kier molecular flexibility index (Phi) is 2.24. The molecule has 78 valence electrons. The zero-order valence-electron chi connectivity index (χ0n) is 8.27. The van der Waals surface area contributed by atoms with E-state index in [2.05, 4.69) is 15.4 Å². The van der Waals surface area contributed by atoms with E-state index < -0.39 is 5.91 Å². The Labute approximate surface area is 86.1 Å². The topological polar surface area (TPSA) is 85.3 Å². The van der Waals surface area contributed by atoms with E-state index >= 15 is 0 Å². The SMILES string of the molecule is Cc1ccc2nc(NCC(N)=O)nn2c1. The molecule has 0 atom stereocenters. The third-order valence-corrected chi connectivity index (χ3v) is 1.90. The molecule has 0 fully saturated rings. The maximum Gasteiger partial charge on any atom is 0.243 e. The van der Waals surface area contributed by atoms with E-state index in [1.54, 1.807) is 4.52 Å². The van der Waals surface area contributed by atoms with Crippen LogP contribution in [-0.4, -0.2) is 27.0 Å². The zero-order chi connectivity index (χ0) is 10.8. The molecule has 15 heavy (non-hydrogen) atoms. The summed E-state index contributed by atoms with van der Waals surface area (Å²) >= 11 is 0. The summed E-state index contributed by atoms with van der Waals surface area (Å²) < 4.78 is 1.65. The number of carbonyl (C=O) groups is 1. The number of hydrogen-bond donors (Lipinski definition) is 2. The average molecular weight is 205 g/mol. The molecule has 0 radical (unpaired) electrons. The van der Waals surface area contributed by atoms with Crippen LogP contribution in [0.15, 0.2) is 18.3 Å². The van der Waals surface area contributed by atoms with Gasteiger partial charge in [-0.15, -0.1) is 5.10 Å². The minimum Gasteiger partial charge on any atom is -0.368 e. The second kappa shape index (κ2) is 3.56. The Morgan fingerprint density at radius 1 is 1.60 bits per heavy atom. The van der Waals surface area contributed by atoms with Gasteiger partial charge in [0.15, 0.2) is 5.65 Å². The van der Waals surface area contributed by atoms with Crippen LogP contribution in [-0.2, 0) is 4.79 Å². The summed E-state index contributed by atoms with van der Waals surface area (Å²) in [7, 11) is 0. The molecule has 0 saturated heterocycles. The van der Waals surface area contributed by atoms with E-state index in [4.69, 9.17) is 5.73 Å². The van der Waals surface area contributed by atoms with Gasteiger partial charge in [-0.3, -0.25) is 4.79 Å². The summed E-state index contributed by atoms with van der Waals surface area (Å²) in [5.74, 6) is -0.0376. The number of aromatic nitrogens is 3. The fourth-order valence-electron chi connectivity index (χ4n) is 1.23. The highest BCUT2D eigenvalue weighted by Crippen LogP contribution is 2.06. The number of nitrogens with one attached hydrogen (secondary N) is 1. The van der Waals surface area contributed by atoms with Crippen molar-refractivity contribution in [2.45, 2.75) is 6.92 Å². The Hall–Kier alpha value is -2.11. The highest BCUT2D eigenvalue weighted by atomic mass is 16.1. The van der Waals surface area contributed by atoms with Crippen molar-refractivity contribution in [3.05, 3.63) is 23.9 Å². The molecule has 2 aromatic heterocycles. The van der Waals surface area contributed by atoms with Gasteiger partial charge < -0.3 is 11.1 Å². The quantitative estimate of drug-likeness (QED) is 0.734. The van der Waals surface area contributed by atoms with Gasteiger partial charge >= 0.3 is 0 Å². The van der Waals surface area contributed by atoms with E-state index in [9.17, 15) is 4.79 Å². The van der Waals surface area contributed by atoms with E-state index in [1.165, 1.54) is 0 Å². The number of nitrogens with two attached hydrogens (primary N) is 1. The maximum absolute atomic E-state index is 10.5. The third kappa shape index (κ3) is 2.04. The molecule has 0 aromatic carbocycles. The van der Waals surface area contributed by atoms with Gasteiger partial charge in [0.1, 0.15) is 0 Å². The fraction of sp³-hybridized carbons (Fsp3) is 0.222. The van der Waals surface area contributed by atoms with Crippen molar-refractivity contribution in [3.8, 4) is 0 Å². The number of rotatable bonds is 3. The van der Waals surface area contributed by atoms with Crippen molar-refractivity contribution in [1.82, 2.24) is 14.6 Å². The molecule has 0 saturated carbocycles. The molecule has 2 rings (SSSR count). The lowest BCUT2D eigenvalue weighted by Gasteiger charge is -1.94. The van der Waals surface area contributed by atoms with Crippen molar-refractivity contribution in [3.63, 3.8) is 0 Å². The average Bonchev–Trinajstić information content (AvgIpc) is 2.56. The largest absolute Gasteiger partial charge is 0.368 e. The molecule has 0 bridgehead atoms. The van der Waals surface area contributed by atoms with Gasteiger partial charge in [0.05, 0.1) is 6.54 Å². The molecule has 0 aliphatic carbocycles. The number of hydrogen-bond acceptors (Lipinski definition) is 4. The third-order valence-electron chi connectivity index (χ3n) is 1.90. The standard InChI is InChI=1S/C9H11N5O/c1-6-2-3-8-12-9(11-4-7(10)15)13-14(8)5-6/h2-3,5H,4H2,1H3,(H2,10,15)(H,11,13). The maximum atomic E-state index is 10.5. The number of pyridine rings is 1. The molecule has 0 aliphatic heterocycles. The van der Waals surface area contributed by atoms with Crippen LogP contribution in [0.4, 0.5) is 5.95 Å². The lowest BCUT2D eigenvalue weighted by atomic mass is 10.3. The number of primary amides is 1. The summed E-state index contributed by atoms with van der Waals surface area (Å²) in [6.45, 7) is 2.01. The first-order valence-electron chi connectivity index (χ1n) is 4.50. The van der Waals surface area contributed by atoms with Crippen molar-refractivity contribution >= 4 is 17.5 Å². The monoisotopic (exact) mass is 205 g/mol. The number of amides is 1. The van der Waals surface area contributed by atoms with Crippen molar-refractivity contribution in [2.75, 3.05) is 11.9 Å². The van der Waals surface area contributed by atoms with Gasteiger partial charge in [0.25, 0.3) is 0 Å². The number of carbonyl (C=O) groups excluding carboxylic acids is 1. The molecule has 0 aliphatic rings. The zero-order valence-corrected chi connectivity index (χ0v) is 8.27. The molecule has 2 heterocycles. The predicted molar refractivity (Wildman–Crippen MR) is 55.4 cm³/mol. The summed E-state index contributed by atoms with van der Waals surface area (Å²) in [6.07, 6.45) is 1.86. The number of aryl methyl sites for hydroxylation is 1. The van der Waals surface area contributed by atoms with Gasteiger partial charge in [-0.1, -0.05) is 6.07 Å². The van der Waals surface area contributed by atoms with Crippen LogP contribution >= 0.6 is 0 Å². The number of nitrogens with zero attached hydrogens (tertiary/aromatic N) is 3. The Balaban J connectivity index is 2.27. The highest BCUT2D eigenvalue weighted by molar-refractivity contribution is 5.78. The number of fused-ring (bicyclic) bond motifs is 1. The molecule has 6 heteroatoms. The molecule has 3 N–H and O–H groups in total. The summed E-state index contributed by atoms with van der Waals surface area (Å²) in [5.41, 5.74) is 6.82. The van der Waals surface area contributed by atoms with Crippen LogP contribution in [0, 0.1) is 6.92 Å². The molecule has 6 nitrogen and oxygen atoms in total. The van der Waals surface area contributed by atoms with Crippen molar-refractivity contribution in [2.24, 2.45) is 5.73 Å². The Morgan fingerprint density at radius 2 is 2.40 bits per heavy atom. The van der Waals surface area contributed by atoms with Gasteiger partial charge in [0, 0.05) is 6.20 Å². The minimum atomic E-state index is -0.440. The minimum absolute atomic E-state index is 0.0376. The van der Waals surface area contributed by atoms with E-state index in [0.717, 1.165) is 11.2 Å². The van der Waals surface area contributed by atoms with E-state index in [0.29, 0.717) is 5.95 Å². The normalized spacial score (nSPS) is 10.5. The smallest absolute Gasteiger partial charge is 0.243 e. The van der Waals surface area contributed by atoms with Crippen LogP contribution in [0.3, 0.4) is 0 Å². The van der Waals surface area contributed by atoms with Gasteiger partial charge in [-0.05, 0) is 18.6 Å². The number of anilines is 1. The molecular formula is C9H11N5O. The molecule has 0 unspecified atom stereocenters. The van der Waals surface area contributed by atoms with Gasteiger partial charge in [-0.2, -0.15) is 4.98 Å². The highest BCUT2D eigenvalue weighted by Gasteiger charge is 2.03. The van der Waals surface area contributed by atoms with E-state index in [1.807, 2.05) is 25.3 Å². The molecule has 0 spiro atoms. The van der Waals surface area contributed by atoms with Crippen LogP contribution < -0.4 is 11.1 Å². The second-order valence-electron chi connectivity index (χ2n) is 3.26. The predicted octanol–water partition coefficient (Wildman–Crippen LogP) is -0.0651. The van der Waals surface area contributed by atoms with Gasteiger partial charge in [-0.25, -0.2) is 4.52 Å². The second-order valence-corrected chi connectivity index (χ2v) is 3.26. The molecule has 2 aromatic rings. The first-order chi connectivity index (χ1) is 7.15. The summed E-state index contributed by atoms with van der Waals surface area (Å²) in [4.78, 5) is 14.7. The van der Waals surface area contributed by atoms with Crippen molar-refractivity contribution < 1.29 is 4.79 Å². The lowest BCUT2D eigenvalue weighted by Crippen LogP contribution is -2.22. The van der Waals surface area contributed by atoms with Crippen LogP contribution in [0.5, 0.6) is 0 Å². The summed E-state index contributed by atoms with van der Waals surface area (Å²) in [6, 6.07) is 3.81. The summed E-state index contributed by atoms with van der Waals surface area (Å²) in [5, 5.41) is 6.87. The fourth-order valence-corrected chi connectivity index (χ4v) is 1.23. The Morgan fingerprint density at radius 3 is 3.13 bits per heavy atom. The molecule has 1 amide bonds. The first-order valence-corrected chi connectivity index (χ1v) is 4.50. The van der Waals surface area contributed by atoms with E-state index in [-0.39, 0.29) is 6.54 Å². The van der Waals surface area contributed by atoms with Crippen LogP contribution in [0.1, 0.15) is 5.56 Å². The molecular weight excluding hydrogens is 194 g/mol. The van der Waals surface area contributed by atoms with Crippen LogP contribution in [0.2, 0.25) is 0 Å². The van der Waals surface area contributed by atoms with Gasteiger partial charge in [0.2, 0.25) is 11.9 Å². The van der Waals surface area contributed by atoms with Crippen molar-refractivity contribution in [1.29, 1.82) is 0 Å². The van der Waals surface area contributed by atoms with Crippen LogP contribution in [0.25, 0.3) is 5.65 Å². The lowest BCUT2D eigenvalue weighted by molar-refractivity contribution is -0.116. The Bertz CT molecular complexity index is 504. The first kappa shape index (κ1) is 9.45.